The summed E-state index contributed by atoms with van der Waals surface area (Å²) in [6.45, 7) is 7.87. The van der Waals surface area contributed by atoms with Crippen LogP contribution in [0.3, 0.4) is 0 Å². The molecule has 0 amide bonds. The third kappa shape index (κ3) is 1.59. The third-order valence-corrected chi connectivity index (χ3v) is 2.23. The predicted octanol–water partition coefficient (Wildman–Crippen LogP) is 2.38. The van der Waals surface area contributed by atoms with Gasteiger partial charge in [-0.1, -0.05) is 0 Å². The maximum atomic E-state index is 10.8. The fourth-order valence-corrected chi connectivity index (χ4v) is 1.79. The van der Waals surface area contributed by atoms with E-state index in [4.69, 9.17) is 5.11 Å². The summed E-state index contributed by atoms with van der Waals surface area (Å²) in [5.74, 6) is -0.847. The third-order valence-electron chi connectivity index (χ3n) is 2.23. The SMILES string of the molecule is Cc1cc(C(=O)O)c(C)n1C(C)C. The Morgan fingerprint density at radius 2 is 2.00 bits per heavy atom. The molecule has 0 aliphatic rings. The van der Waals surface area contributed by atoms with Gasteiger partial charge in [0, 0.05) is 17.4 Å². The molecule has 0 spiro atoms. The van der Waals surface area contributed by atoms with E-state index in [0.29, 0.717) is 11.6 Å². The molecule has 13 heavy (non-hydrogen) atoms. The van der Waals surface area contributed by atoms with E-state index in [1.807, 2.05) is 32.3 Å². The van der Waals surface area contributed by atoms with Gasteiger partial charge < -0.3 is 9.67 Å². The van der Waals surface area contributed by atoms with Crippen molar-refractivity contribution in [2.45, 2.75) is 33.7 Å². The first-order valence-corrected chi connectivity index (χ1v) is 4.37. The fraction of sp³-hybridized carbons (Fsp3) is 0.500. The zero-order chi connectivity index (χ0) is 10.2. The molecule has 0 saturated carbocycles. The highest BCUT2D eigenvalue weighted by Gasteiger charge is 2.15. The van der Waals surface area contributed by atoms with Gasteiger partial charge >= 0.3 is 5.97 Å². The monoisotopic (exact) mass is 181 g/mol. The van der Waals surface area contributed by atoms with Gasteiger partial charge in [-0.2, -0.15) is 0 Å². The molecule has 1 aromatic rings. The number of hydrogen-bond acceptors (Lipinski definition) is 1. The number of carboxylic acid groups (broad SMARTS) is 1. The minimum absolute atomic E-state index is 0.313. The highest BCUT2D eigenvalue weighted by Crippen LogP contribution is 2.19. The van der Waals surface area contributed by atoms with Crippen molar-refractivity contribution < 1.29 is 9.90 Å². The van der Waals surface area contributed by atoms with Gasteiger partial charge in [0.25, 0.3) is 0 Å². The van der Waals surface area contributed by atoms with Crippen LogP contribution in [-0.4, -0.2) is 15.6 Å². The Bertz CT molecular complexity index is 337. The number of hydrogen-bond donors (Lipinski definition) is 1. The lowest BCUT2D eigenvalue weighted by Crippen LogP contribution is -2.06. The van der Waals surface area contributed by atoms with Crippen LogP contribution in [0.5, 0.6) is 0 Å². The van der Waals surface area contributed by atoms with E-state index >= 15 is 0 Å². The van der Waals surface area contributed by atoms with Crippen molar-refractivity contribution >= 4 is 5.97 Å². The second-order valence-electron chi connectivity index (χ2n) is 3.55. The zero-order valence-corrected chi connectivity index (χ0v) is 8.46. The summed E-state index contributed by atoms with van der Waals surface area (Å²) in [6, 6.07) is 2.03. The molecule has 0 radical (unpaired) electrons. The van der Waals surface area contributed by atoms with E-state index in [1.165, 1.54) is 0 Å². The van der Waals surface area contributed by atoms with Crippen LogP contribution in [-0.2, 0) is 0 Å². The predicted molar refractivity (Wildman–Crippen MR) is 51.3 cm³/mol. The minimum Gasteiger partial charge on any atom is -0.478 e. The highest BCUT2D eigenvalue weighted by atomic mass is 16.4. The Morgan fingerprint density at radius 1 is 1.46 bits per heavy atom. The second-order valence-corrected chi connectivity index (χ2v) is 3.55. The number of aromatic nitrogens is 1. The summed E-state index contributed by atoms with van der Waals surface area (Å²) in [5.41, 5.74) is 2.25. The average Bonchev–Trinajstić information content (AvgIpc) is 2.26. The van der Waals surface area contributed by atoms with Crippen molar-refractivity contribution in [3.8, 4) is 0 Å². The minimum atomic E-state index is -0.847. The molecule has 0 aliphatic heterocycles. The lowest BCUT2D eigenvalue weighted by Gasteiger charge is -2.13. The van der Waals surface area contributed by atoms with Gasteiger partial charge in [0.05, 0.1) is 5.56 Å². The number of carboxylic acids is 1. The maximum absolute atomic E-state index is 10.8. The smallest absolute Gasteiger partial charge is 0.337 e. The first-order valence-electron chi connectivity index (χ1n) is 4.37. The molecule has 0 fully saturated rings. The van der Waals surface area contributed by atoms with Crippen molar-refractivity contribution in [2.75, 3.05) is 0 Å². The van der Waals surface area contributed by atoms with E-state index in [-0.39, 0.29) is 0 Å². The summed E-state index contributed by atoms with van der Waals surface area (Å²) in [4.78, 5) is 10.8. The van der Waals surface area contributed by atoms with E-state index in [9.17, 15) is 4.79 Å². The van der Waals surface area contributed by atoms with Crippen LogP contribution in [0.1, 0.15) is 41.6 Å². The van der Waals surface area contributed by atoms with E-state index in [1.54, 1.807) is 6.07 Å². The van der Waals surface area contributed by atoms with E-state index in [2.05, 4.69) is 0 Å². The van der Waals surface area contributed by atoms with Crippen molar-refractivity contribution in [2.24, 2.45) is 0 Å². The van der Waals surface area contributed by atoms with Crippen molar-refractivity contribution in [3.05, 3.63) is 23.0 Å². The van der Waals surface area contributed by atoms with Crippen LogP contribution in [0, 0.1) is 13.8 Å². The summed E-state index contributed by atoms with van der Waals surface area (Å²) < 4.78 is 2.03. The van der Waals surface area contributed by atoms with Gasteiger partial charge in [-0.15, -0.1) is 0 Å². The Kier molecular flexibility index (Phi) is 2.45. The number of aromatic carboxylic acids is 1. The molecule has 3 heteroatoms. The first-order chi connectivity index (χ1) is 5.95. The quantitative estimate of drug-likeness (QED) is 0.761. The number of rotatable bonds is 2. The van der Waals surface area contributed by atoms with Crippen molar-refractivity contribution in [1.29, 1.82) is 0 Å². The Balaban J connectivity index is 3.30. The van der Waals surface area contributed by atoms with Gasteiger partial charge in [0.1, 0.15) is 0 Å². The molecule has 0 aromatic carbocycles. The largest absolute Gasteiger partial charge is 0.478 e. The lowest BCUT2D eigenvalue weighted by molar-refractivity contribution is 0.0696. The van der Waals surface area contributed by atoms with E-state index < -0.39 is 5.97 Å². The van der Waals surface area contributed by atoms with Crippen molar-refractivity contribution in [3.63, 3.8) is 0 Å². The molecule has 1 aromatic heterocycles. The van der Waals surface area contributed by atoms with Gasteiger partial charge in [-0.3, -0.25) is 0 Å². The van der Waals surface area contributed by atoms with E-state index in [0.717, 1.165) is 11.4 Å². The molecule has 72 valence electrons. The molecule has 0 unspecified atom stereocenters. The lowest BCUT2D eigenvalue weighted by atomic mass is 10.2. The molecule has 0 bridgehead atoms. The standard InChI is InChI=1S/C10H15NO2/c1-6(2)11-7(3)5-9(8(11)4)10(12)13/h5-6H,1-4H3,(H,12,13). The molecule has 0 saturated heterocycles. The Hall–Kier alpha value is -1.25. The van der Waals surface area contributed by atoms with Gasteiger partial charge in [-0.25, -0.2) is 4.79 Å². The number of nitrogens with zero attached hydrogens (tertiary/aromatic N) is 1. The van der Waals surface area contributed by atoms with Crippen LogP contribution < -0.4 is 0 Å². The van der Waals surface area contributed by atoms with Gasteiger partial charge in [0.15, 0.2) is 0 Å². The molecule has 0 aliphatic carbocycles. The Labute approximate surface area is 78.0 Å². The van der Waals surface area contributed by atoms with Crippen LogP contribution >= 0.6 is 0 Å². The summed E-state index contributed by atoms with van der Waals surface area (Å²) in [6.07, 6.45) is 0. The fourth-order valence-electron chi connectivity index (χ4n) is 1.79. The van der Waals surface area contributed by atoms with Crippen LogP contribution in [0.4, 0.5) is 0 Å². The summed E-state index contributed by atoms with van der Waals surface area (Å²) in [5, 5.41) is 8.87. The molecule has 1 heterocycles. The molecule has 1 rings (SSSR count). The highest BCUT2D eigenvalue weighted by molar-refractivity contribution is 5.89. The molecule has 1 N–H and O–H groups in total. The normalized spacial score (nSPS) is 10.8. The van der Waals surface area contributed by atoms with Gasteiger partial charge in [-0.05, 0) is 33.8 Å². The summed E-state index contributed by atoms with van der Waals surface area (Å²) in [7, 11) is 0. The Morgan fingerprint density at radius 3 is 2.23 bits per heavy atom. The molecule has 0 atom stereocenters. The number of carbonyl (C=O) groups is 1. The second kappa shape index (κ2) is 3.24. The van der Waals surface area contributed by atoms with Crippen LogP contribution in [0.15, 0.2) is 6.07 Å². The summed E-state index contributed by atoms with van der Waals surface area (Å²) >= 11 is 0. The molecular formula is C10H15NO2. The van der Waals surface area contributed by atoms with Gasteiger partial charge in [0.2, 0.25) is 0 Å². The van der Waals surface area contributed by atoms with Crippen molar-refractivity contribution in [1.82, 2.24) is 4.57 Å². The zero-order valence-electron chi connectivity index (χ0n) is 8.46. The molecular weight excluding hydrogens is 166 g/mol. The topological polar surface area (TPSA) is 42.2 Å². The maximum Gasteiger partial charge on any atom is 0.337 e. The number of aryl methyl sites for hydroxylation is 1. The molecule has 3 nitrogen and oxygen atoms in total. The van der Waals surface area contributed by atoms with Crippen LogP contribution in [0.2, 0.25) is 0 Å². The average molecular weight is 181 g/mol. The first kappa shape index (κ1) is 9.84. The van der Waals surface area contributed by atoms with Crippen LogP contribution in [0.25, 0.3) is 0 Å².